The fourth-order valence-corrected chi connectivity index (χ4v) is 6.41. The van der Waals surface area contributed by atoms with Crippen LogP contribution < -0.4 is 0 Å². The Morgan fingerprint density at radius 1 is 0.633 bits per heavy atom. The normalized spacial score (nSPS) is 21.0. The Morgan fingerprint density at radius 2 is 1.13 bits per heavy atom. The number of rotatable bonds is 10. The Balaban J connectivity index is 1.35. The Labute approximate surface area is 185 Å². The monoisotopic (exact) mass is 468 g/mol. The Kier molecular flexibility index (Phi) is 8.13. The van der Waals surface area contributed by atoms with Gasteiger partial charge in [-0.2, -0.15) is 0 Å². The first-order valence-electron chi connectivity index (χ1n) is 10.4. The molecule has 3 atom stereocenters. The van der Waals surface area contributed by atoms with Crippen LogP contribution in [0.1, 0.15) is 16.7 Å². The molecule has 0 saturated carbocycles. The van der Waals surface area contributed by atoms with Gasteiger partial charge in [-0.3, -0.25) is 0 Å². The van der Waals surface area contributed by atoms with Crippen LogP contribution in [-0.4, -0.2) is 33.8 Å². The molecule has 3 nitrogen and oxygen atoms in total. The van der Waals surface area contributed by atoms with E-state index >= 15 is 0 Å². The third-order valence-electron chi connectivity index (χ3n) is 5.19. The van der Waals surface area contributed by atoms with Gasteiger partial charge in [0.25, 0.3) is 0 Å². The van der Waals surface area contributed by atoms with E-state index in [2.05, 4.69) is 72.8 Å². The molecule has 0 unspecified atom stereocenters. The standard InChI is InChI=1S/C26H28O3Se/c1-4-10-21(11-5-1)16-27-19-25-26(29-18-23-14-8-3-9-15-23)24(20-30-25)28-17-22-12-6-2-7-13-22/h1-15,24-26H,16-20H2/t24-,25-,26+/m1/s1. The molecule has 30 heavy (non-hydrogen) atoms. The SMILES string of the molecule is c1ccc(COC[C@H]2[Se]C[C@@H](OCc3ccccc3)[C@@H]2OCc2ccccc2)cc1. The summed E-state index contributed by atoms with van der Waals surface area (Å²) in [5, 5.41) is 1.07. The summed E-state index contributed by atoms with van der Waals surface area (Å²) in [6.45, 7) is 2.61. The van der Waals surface area contributed by atoms with Crippen molar-refractivity contribution in [1.29, 1.82) is 0 Å². The van der Waals surface area contributed by atoms with Crippen LogP contribution >= 0.6 is 0 Å². The predicted octanol–water partition coefficient (Wildman–Crippen LogP) is 5.30. The number of hydrogen-bond donors (Lipinski definition) is 0. The molecule has 4 heteroatoms. The Hall–Kier alpha value is -1.94. The summed E-state index contributed by atoms with van der Waals surface area (Å²) in [5.74, 6) is 0. The van der Waals surface area contributed by atoms with Gasteiger partial charge in [-0.1, -0.05) is 0 Å². The van der Waals surface area contributed by atoms with E-state index in [1.165, 1.54) is 16.7 Å². The van der Waals surface area contributed by atoms with Gasteiger partial charge in [-0.15, -0.1) is 0 Å². The van der Waals surface area contributed by atoms with Crippen LogP contribution in [-0.2, 0) is 34.0 Å². The van der Waals surface area contributed by atoms with Gasteiger partial charge in [-0.25, -0.2) is 0 Å². The molecule has 1 saturated heterocycles. The molecule has 156 valence electrons. The molecule has 4 rings (SSSR count). The summed E-state index contributed by atoms with van der Waals surface area (Å²) < 4.78 is 18.8. The molecule has 1 aliphatic rings. The topological polar surface area (TPSA) is 27.7 Å². The van der Waals surface area contributed by atoms with Gasteiger partial charge < -0.3 is 0 Å². The number of ether oxygens (including phenoxy) is 3. The minimum atomic E-state index is 0.0738. The second-order valence-corrected chi connectivity index (χ2v) is 10.1. The van der Waals surface area contributed by atoms with Crippen molar-refractivity contribution in [2.24, 2.45) is 0 Å². The molecule has 0 radical (unpaired) electrons. The third-order valence-corrected chi connectivity index (χ3v) is 8.03. The zero-order chi connectivity index (χ0) is 20.4. The zero-order valence-electron chi connectivity index (χ0n) is 17.1. The number of benzene rings is 3. The fraction of sp³-hybridized carbons (Fsp3) is 0.308. The van der Waals surface area contributed by atoms with Crippen molar-refractivity contribution < 1.29 is 14.2 Å². The van der Waals surface area contributed by atoms with Crippen molar-refractivity contribution in [3.05, 3.63) is 108 Å². The van der Waals surface area contributed by atoms with E-state index in [1.54, 1.807) is 0 Å². The van der Waals surface area contributed by atoms with E-state index in [4.69, 9.17) is 14.2 Å². The first-order chi connectivity index (χ1) is 14.9. The van der Waals surface area contributed by atoms with Crippen molar-refractivity contribution in [1.82, 2.24) is 0 Å². The van der Waals surface area contributed by atoms with Crippen LogP contribution in [0.2, 0.25) is 10.1 Å². The second-order valence-electron chi connectivity index (χ2n) is 7.47. The van der Waals surface area contributed by atoms with Gasteiger partial charge in [0.15, 0.2) is 0 Å². The molecule has 0 bridgehead atoms. The fourth-order valence-electron chi connectivity index (χ4n) is 3.56. The summed E-state index contributed by atoms with van der Waals surface area (Å²) >= 11 is 0.444. The maximum absolute atomic E-state index is 6.42. The van der Waals surface area contributed by atoms with E-state index in [1.807, 2.05) is 18.2 Å². The summed E-state index contributed by atoms with van der Waals surface area (Å²) in [5.41, 5.74) is 3.61. The zero-order valence-corrected chi connectivity index (χ0v) is 18.8. The molecular weight excluding hydrogens is 439 g/mol. The van der Waals surface area contributed by atoms with Gasteiger partial charge in [0.2, 0.25) is 0 Å². The van der Waals surface area contributed by atoms with Gasteiger partial charge in [-0.05, 0) is 0 Å². The molecule has 1 heterocycles. The molecule has 0 N–H and O–H groups in total. The van der Waals surface area contributed by atoms with Gasteiger partial charge in [0, 0.05) is 0 Å². The molecule has 0 aromatic heterocycles. The Morgan fingerprint density at radius 3 is 1.70 bits per heavy atom. The second kappa shape index (κ2) is 11.5. The summed E-state index contributed by atoms with van der Waals surface area (Å²) in [4.78, 5) is 0.408. The predicted molar refractivity (Wildman–Crippen MR) is 120 cm³/mol. The van der Waals surface area contributed by atoms with E-state index in [9.17, 15) is 0 Å². The molecule has 0 spiro atoms. The van der Waals surface area contributed by atoms with Crippen LogP contribution in [0.25, 0.3) is 0 Å². The third kappa shape index (κ3) is 6.28. The maximum atomic E-state index is 6.42. The summed E-state index contributed by atoms with van der Waals surface area (Å²) in [6, 6.07) is 31.1. The quantitative estimate of drug-likeness (QED) is 0.379. The molecule has 3 aromatic rings. The number of hydrogen-bond acceptors (Lipinski definition) is 3. The first kappa shape index (κ1) is 21.3. The van der Waals surface area contributed by atoms with Gasteiger partial charge >= 0.3 is 186 Å². The van der Waals surface area contributed by atoms with Crippen molar-refractivity contribution in [3.8, 4) is 0 Å². The van der Waals surface area contributed by atoms with Crippen molar-refractivity contribution in [2.75, 3.05) is 6.61 Å². The first-order valence-corrected chi connectivity index (χ1v) is 12.6. The molecule has 1 aliphatic heterocycles. The van der Waals surface area contributed by atoms with Crippen LogP contribution in [0.3, 0.4) is 0 Å². The van der Waals surface area contributed by atoms with E-state index in [0.29, 0.717) is 39.6 Å². The van der Waals surface area contributed by atoms with Crippen LogP contribution in [0.4, 0.5) is 0 Å². The van der Waals surface area contributed by atoms with Crippen molar-refractivity contribution >= 4 is 15.0 Å². The minimum absolute atomic E-state index is 0.0738. The average molecular weight is 467 g/mol. The Bertz CT molecular complexity index is 857. The van der Waals surface area contributed by atoms with Crippen LogP contribution in [0, 0.1) is 0 Å². The van der Waals surface area contributed by atoms with Gasteiger partial charge in [0.1, 0.15) is 0 Å². The summed E-state index contributed by atoms with van der Waals surface area (Å²) in [7, 11) is 0. The van der Waals surface area contributed by atoms with E-state index < -0.39 is 0 Å². The average Bonchev–Trinajstić information content (AvgIpc) is 3.20. The molecule has 1 fully saturated rings. The molecule has 0 aliphatic carbocycles. The van der Waals surface area contributed by atoms with E-state index in [-0.39, 0.29) is 12.2 Å². The van der Waals surface area contributed by atoms with Gasteiger partial charge in [0.05, 0.1) is 0 Å². The molecule has 0 amide bonds. The van der Waals surface area contributed by atoms with Crippen molar-refractivity contribution in [3.63, 3.8) is 0 Å². The van der Waals surface area contributed by atoms with Crippen LogP contribution in [0.5, 0.6) is 0 Å². The summed E-state index contributed by atoms with van der Waals surface area (Å²) in [6.07, 6.45) is 0.198. The molecular formula is C26H28O3Se. The van der Waals surface area contributed by atoms with E-state index in [0.717, 1.165) is 11.9 Å². The van der Waals surface area contributed by atoms with Crippen molar-refractivity contribution in [2.45, 2.75) is 42.2 Å². The van der Waals surface area contributed by atoms with Crippen LogP contribution in [0.15, 0.2) is 91.0 Å². The molecule has 3 aromatic carbocycles.